The minimum absolute atomic E-state index is 0.288. The number of nitrogens with zero attached hydrogens (tertiary/aromatic N) is 5. The number of hydrogen-bond acceptors (Lipinski definition) is 7. The molecule has 0 N–H and O–H groups in total. The Kier molecular flexibility index (Phi) is 2.85. The molecule has 0 aliphatic heterocycles. The quantitative estimate of drug-likeness (QED) is 0.702. The molecule has 19 heavy (non-hydrogen) atoms. The van der Waals surface area contributed by atoms with Gasteiger partial charge < -0.3 is 9.26 Å². The van der Waals surface area contributed by atoms with Gasteiger partial charge in [0.15, 0.2) is 5.69 Å². The number of hydrogen-bond donors (Lipinski definition) is 0. The van der Waals surface area contributed by atoms with Gasteiger partial charge in [-0.1, -0.05) is 11.2 Å². The van der Waals surface area contributed by atoms with Crippen LogP contribution in [0.1, 0.15) is 0 Å². The number of ether oxygens (including phenoxy) is 1. The van der Waals surface area contributed by atoms with Gasteiger partial charge in [-0.05, 0) is 18.2 Å². The van der Waals surface area contributed by atoms with Gasteiger partial charge in [-0.25, -0.2) is 0 Å². The second-order valence-corrected chi connectivity index (χ2v) is 3.60. The van der Waals surface area contributed by atoms with E-state index in [2.05, 4.69) is 25.3 Å². The van der Waals surface area contributed by atoms with E-state index in [9.17, 15) is 0 Å². The van der Waals surface area contributed by atoms with E-state index in [0.29, 0.717) is 23.1 Å². The van der Waals surface area contributed by atoms with Crippen LogP contribution in [-0.2, 0) is 0 Å². The highest BCUT2D eigenvalue weighted by molar-refractivity contribution is 5.53. The fourth-order valence-corrected chi connectivity index (χ4v) is 1.47. The number of aromatic nitrogens is 5. The number of rotatable bonds is 3. The van der Waals surface area contributed by atoms with Gasteiger partial charge in [-0.2, -0.15) is 4.98 Å². The minimum Gasteiger partial charge on any atom is -0.480 e. The molecule has 3 heterocycles. The van der Waals surface area contributed by atoms with Crippen LogP contribution in [0.4, 0.5) is 0 Å². The SMILES string of the molecule is COc1ccc(-c2nc(-c3ccccn3)no2)nn1. The molecule has 0 saturated carbocycles. The van der Waals surface area contributed by atoms with Gasteiger partial charge in [0.25, 0.3) is 5.89 Å². The summed E-state index contributed by atoms with van der Waals surface area (Å²) in [5.74, 6) is 1.12. The smallest absolute Gasteiger partial charge is 0.278 e. The van der Waals surface area contributed by atoms with Crippen molar-refractivity contribution in [2.45, 2.75) is 0 Å². The van der Waals surface area contributed by atoms with E-state index >= 15 is 0 Å². The molecule has 0 amide bonds. The first-order valence-electron chi connectivity index (χ1n) is 5.50. The maximum atomic E-state index is 5.13. The van der Waals surface area contributed by atoms with Crippen LogP contribution in [0.5, 0.6) is 5.88 Å². The summed E-state index contributed by atoms with van der Waals surface area (Å²) in [7, 11) is 1.52. The Morgan fingerprint density at radius 3 is 2.68 bits per heavy atom. The molecule has 0 aromatic carbocycles. The Morgan fingerprint density at radius 2 is 2.00 bits per heavy atom. The van der Waals surface area contributed by atoms with Crippen molar-refractivity contribution in [1.82, 2.24) is 25.3 Å². The van der Waals surface area contributed by atoms with E-state index in [-0.39, 0.29) is 5.89 Å². The van der Waals surface area contributed by atoms with Gasteiger partial charge in [0, 0.05) is 12.3 Å². The fraction of sp³-hybridized carbons (Fsp3) is 0.0833. The molecule has 3 aromatic rings. The van der Waals surface area contributed by atoms with Crippen molar-refractivity contribution in [2.24, 2.45) is 0 Å². The zero-order valence-corrected chi connectivity index (χ0v) is 10.0. The lowest BCUT2D eigenvalue weighted by Crippen LogP contribution is -1.92. The molecule has 94 valence electrons. The third-order valence-corrected chi connectivity index (χ3v) is 2.39. The second kappa shape index (κ2) is 4.81. The van der Waals surface area contributed by atoms with Crippen LogP contribution in [-0.4, -0.2) is 32.4 Å². The van der Waals surface area contributed by atoms with Crippen LogP contribution in [0.3, 0.4) is 0 Å². The van der Waals surface area contributed by atoms with Gasteiger partial charge in [0.05, 0.1) is 7.11 Å². The Labute approximate surface area is 108 Å². The average molecular weight is 255 g/mol. The Morgan fingerprint density at radius 1 is 1.05 bits per heavy atom. The summed E-state index contributed by atoms with van der Waals surface area (Å²) >= 11 is 0. The molecule has 3 rings (SSSR count). The second-order valence-electron chi connectivity index (χ2n) is 3.60. The topological polar surface area (TPSA) is 86.8 Å². The highest BCUT2D eigenvalue weighted by Gasteiger charge is 2.12. The number of pyridine rings is 1. The summed E-state index contributed by atoms with van der Waals surface area (Å²) in [4.78, 5) is 8.36. The molecule has 7 heteroatoms. The van der Waals surface area contributed by atoms with Gasteiger partial charge in [0.1, 0.15) is 5.69 Å². The Bertz CT molecular complexity index is 666. The lowest BCUT2D eigenvalue weighted by atomic mass is 10.3. The van der Waals surface area contributed by atoms with Gasteiger partial charge in [-0.3, -0.25) is 4.98 Å². The molecule has 0 aliphatic rings. The van der Waals surface area contributed by atoms with Crippen LogP contribution < -0.4 is 4.74 Å². The van der Waals surface area contributed by atoms with E-state index in [1.54, 1.807) is 24.4 Å². The van der Waals surface area contributed by atoms with Gasteiger partial charge >= 0.3 is 0 Å². The zero-order valence-electron chi connectivity index (χ0n) is 10.0. The maximum absolute atomic E-state index is 5.13. The third kappa shape index (κ3) is 2.25. The standard InChI is InChI=1S/C12H9N5O2/c1-18-10-6-5-9(15-16-10)12-14-11(17-19-12)8-4-2-3-7-13-8/h2-7H,1H3. The molecule has 0 saturated heterocycles. The molecule has 0 bridgehead atoms. The lowest BCUT2D eigenvalue weighted by molar-refractivity contribution is 0.391. The summed E-state index contributed by atoms with van der Waals surface area (Å²) < 4.78 is 10.1. The van der Waals surface area contributed by atoms with Crippen molar-refractivity contribution in [3.8, 4) is 29.0 Å². The summed E-state index contributed by atoms with van der Waals surface area (Å²) in [6, 6.07) is 8.84. The molecule has 0 fully saturated rings. The normalized spacial score (nSPS) is 10.4. The van der Waals surface area contributed by atoms with Crippen LogP contribution >= 0.6 is 0 Å². The molecular formula is C12H9N5O2. The van der Waals surface area contributed by atoms with E-state index in [1.807, 2.05) is 12.1 Å². The summed E-state index contributed by atoms with van der Waals surface area (Å²) in [5.41, 5.74) is 1.12. The number of methoxy groups -OCH3 is 1. The molecule has 0 aliphatic carbocycles. The van der Waals surface area contributed by atoms with E-state index in [0.717, 1.165) is 0 Å². The predicted octanol–water partition coefficient (Wildman–Crippen LogP) is 1.60. The average Bonchev–Trinajstić information content (AvgIpc) is 2.98. The van der Waals surface area contributed by atoms with E-state index in [4.69, 9.17) is 9.26 Å². The maximum Gasteiger partial charge on any atom is 0.278 e. The van der Waals surface area contributed by atoms with Crippen molar-refractivity contribution in [2.75, 3.05) is 7.11 Å². The van der Waals surface area contributed by atoms with Crippen LogP contribution in [0.15, 0.2) is 41.1 Å². The molecule has 0 radical (unpaired) electrons. The first kappa shape index (κ1) is 11.3. The minimum atomic E-state index is 0.288. The largest absolute Gasteiger partial charge is 0.480 e. The van der Waals surface area contributed by atoms with Crippen molar-refractivity contribution < 1.29 is 9.26 Å². The molecule has 3 aromatic heterocycles. The molecule has 0 unspecified atom stereocenters. The molecule has 0 spiro atoms. The highest BCUT2D eigenvalue weighted by atomic mass is 16.5. The summed E-state index contributed by atoms with van der Waals surface area (Å²) in [6.45, 7) is 0. The van der Waals surface area contributed by atoms with E-state index < -0.39 is 0 Å². The van der Waals surface area contributed by atoms with Crippen molar-refractivity contribution in [3.05, 3.63) is 36.5 Å². The van der Waals surface area contributed by atoms with Crippen LogP contribution in [0.2, 0.25) is 0 Å². The van der Waals surface area contributed by atoms with Crippen molar-refractivity contribution in [1.29, 1.82) is 0 Å². The molecule has 0 atom stereocenters. The molecule has 7 nitrogen and oxygen atoms in total. The van der Waals surface area contributed by atoms with Crippen LogP contribution in [0, 0.1) is 0 Å². The van der Waals surface area contributed by atoms with Crippen LogP contribution in [0.25, 0.3) is 23.1 Å². The van der Waals surface area contributed by atoms with E-state index in [1.165, 1.54) is 7.11 Å². The fourth-order valence-electron chi connectivity index (χ4n) is 1.47. The summed E-state index contributed by atoms with van der Waals surface area (Å²) in [5, 5.41) is 11.6. The Balaban J connectivity index is 1.92. The van der Waals surface area contributed by atoms with Gasteiger partial charge in [0.2, 0.25) is 11.7 Å². The summed E-state index contributed by atoms with van der Waals surface area (Å²) in [6.07, 6.45) is 1.67. The first-order chi connectivity index (χ1) is 9.36. The lowest BCUT2D eigenvalue weighted by Gasteiger charge is -1.96. The first-order valence-corrected chi connectivity index (χ1v) is 5.50. The zero-order chi connectivity index (χ0) is 13.1. The highest BCUT2D eigenvalue weighted by Crippen LogP contribution is 2.19. The Hall–Kier alpha value is -2.83. The predicted molar refractivity (Wildman–Crippen MR) is 65.1 cm³/mol. The van der Waals surface area contributed by atoms with Gasteiger partial charge in [-0.15, -0.1) is 10.2 Å². The molecular weight excluding hydrogens is 246 g/mol. The van der Waals surface area contributed by atoms with Crippen molar-refractivity contribution >= 4 is 0 Å². The van der Waals surface area contributed by atoms with Crippen molar-refractivity contribution in [3.63, 3.8) is 0 Å². The monoisotopic (exact) mass is 255 g/mol. The third-order valence-electron chi connectivity index (χ3n) is 2.39.